The Kier molecular flexibility index (Phi) is 4.68. The second kappa shape index (κ2) is 6.12. The van der Waals surface area contributed by atoms with E-state index in [1.165, 1.54) is 0 Å². The molecule has 1 amide bonds. The van der Waals surface area contributed by atoms with Crippen LogP contribution in [0.5, 0.6) is 0 Å². The summed E-state index contributed by atoms with van der Waals surface area (Å²) in [6, 6.07) is 7.39. The molecule has 0 bridgehead atoms. The summed E-state index contributed by atoms with van der Waals surface area (Å²) in [6.45, 7) is 6.41. The Hall–Kier alpha value is -1.10. The number of nitrogens with one attached hydrogen (secondary N) is 1. The number of hydrogen-bond acceptors (Lipinski definition) is 3. The molecule has 0 aromatic heterocycles. The first-order chi connectivity index (χ1) is 9.37. The van der Waals surface area contributed by atoms with E-state index in [1.807, 2.05) is 12.1 Å². The lowest BCUT2D eigenvalue weighted by molar-refractivity contribution is -0.118. The van der Waals surface area contributed by atoms with E-state index in [1.54, 1.807) is 12.1 Å². The molecule has 0 spiro atoms. The van der Waals surface area contributed by atoms with Crippen LogP contribution in [0.3, 0.4) is 0 Å². The van der Waals surface area contributed by atoms with Crippen LogP contribution in [-0.2, 0) is 4.79 Å². The Bertz CT molecular complexity index is 490. The van der Waals surface area contributed by atoms with Crippen molar-refractivity contribution < 1.29 is 4.79 Å². The zero-order valence-electron chi connectivity index (χ0n) is 12.0. The molecule has 1 saturated heterocycles. The van der Waals surface area contributed by atoms with Gasteiger partial charge in [0, 0.05) is 29.8 Å². The van der Waals surface area contributed by atoms with Crippen molar-refractivity contribution >= 4 is 23.2 Å². The monoisotopic (exact) mass is 295 g/mol. The minimum absolute atomic E-state index is 0.0152. The Morgan fingerprint density at radius 1 is 1.55 bits per heavy atom. The summed E-state index contributed by atoms with van der Waals surface area (Å²) < 4.78 is 0. The fourth-order valence-electron chi connectivity index (χ4n) is 2.59. The maximum atomic E-state index is 12.1. The molecule has 1 fully saturated rings. The second-order valence-electron chi connectivity index (χ2n) is 6.15. The summed E-state index contributed by atoms with van der Waals surface area (Å²) in [5, 5.41) is 3.49. The number of halogens is 1. The van der Waals surface area contributed by atoms with Gasteiger partial charge in [0.15, 0.2) is 0 Å². The van der Waals surface area contributed by atoms with Crippen LogP contribution in [0.2, 0.25) is 5.02 Å². The molecule has 4 nitrogen and oxygen atoms in total. The van der Waals surface area contributed by atoms with E-state index in [0.717, 1.165) is 25.2 Å². The third-order valence-corrected chi connectivity index (χ3v) is 4.10. The van der Waals surface area contributed by atoms with Crippen LogP contribution < -0.4 is 11.1 Å². The van der Waals surface area contributed by atoms with Crippen molar-refractivity contribution in [3.63, 3.8) is 0 Å². The van der Waals surface area contributed by atoms with E-state index in [-0.39, 0.29) is 17.4 Å². The standard InChI is InChI=1S/C15H22ClN3O/c1-15(2)10-19(7-6-13(15)17)9-14(20)18-12-5-3-4-11(16)8-12/h3-5,8,13H,6-7,9-10,17H2,1-2H3,(H,18,20). The van der Waals surface area contributed by atoms with Gasteiger partial charge in [-0.25, -0.2) is 0 Å². The second-order valence-corrected chi connectivity index (χ2v) is 6.59. The number of hydrogen-bond donors (Lipinski definition) is 2. The Labute approximate surface area is 125 Å². The van der Waals surface area contributed by atoms with Gasteiger partial charge in [-0.2, -0.15) is 0 Å². The molecule has 110 valence electrons. The topological polar surface area (TPSA) is 58.4 Å². The number of likely N-dealkylation sites (tertiary alicyclic amines) is 1. The molecule has 0 saturated carbocycles. The van der Waals surface area contributed by atoms with Crippen molar-refractivity contribution in [3.05, 3.63) is 29.3 Å². The predicted octanol–water partition coefficient (Wildman–Crippen LogP) is 2.34. The van der Waals surface area contributed by atoms with Gasteiger partial charge in [-0.1, -0.05) is 31.5 Å². The quantitative estimate of drug-likeness (QED) is 0.900. The molecule has 2 rings (SSSR count). The van der Waals surface area contributed by atoms with Gasteiger partial charge in [-0.05, 0) is 30.0 Å². The molecule has 0 aliphatic carbocycles. The molecule has 5 heteroatoms. The first kappa shape index (κ1) is 15.3. The summed E-state index contributed by atoms with van der Waals surface area (Å²) in [4.78, 5) is 14.2. The summed E-state index contributed by atoms with van der Waals surface area (Å²) in [5.41, 5.74) is 6.89. The molecule has 20 heavy (non-hydrogen) atoms. The average molecular weight is 296 g/mol. The fraction of sp³-hybridized carbons (Fsp3) is 0.533. The molecule has 1 heterocycles. The summed E-state index contributed by atoms with van der Waals surface area (Å²) in [6.07, 6.45) is 0.928. The number of carbonyl (C=O) groups excluding carboxylic acids is 1. The molecular formula is C15H22ClN3O. The molecule has 3 N–H and O–H groups in total. The van der Waals surface area contributed by atoms with Crippen molar-refractivity contribution in [3.8, 4) is 0 Å². The van der Waals surface area contributed by atoms with E-state index >= 15 is 0 Å². The lowest BCUT2D eigenvalue weighted by atomic mass is 9.80. The van der Waals surface area contributed by atoms with Gasteiger partial charge < -0.3 is 11.1 Å². The molecule has 1 aromatic carbocycles. The van der Waals surface area contributed by atoms with Crippen LogP contribution in [0.25, 0.3) is 0 Å². The van der Waals surface area contributed by atoms with Crippen LogP contribution in [0.15, 0.2) is 24.3 Å². The van der Waals surface area contributed by atoms with Crippen molar-refractivity contribution in [2.45, 2.75) is 26.3 Å². The van der Waals surface area contributed by atoms with Gasteiger partial charge in [-0.15, -0.1) is 0 Å². The Balaban J connectivity index is 1.89. The number of nitrogens with zero attached hydrogens (tertiary/aromatic N) is 1. The molecule has 1 aliphatic heterocycles. The van der Waals surface area contributed by atoms with Crippen LogP contribution in [0.4, 0.5) is 5.69 Å². The molecule has 0 radical (unpaired) electrons. The van der Waals surface area contributed by atoms with Crippen LogP contribution >= 0.6 is 11.6 Å². The summed E-state index contributed by atoms with van der Waals surface area (Å²) in [7, 11) is 0. The number of carbonyl (C=O) groups is 1. The van der Waals surface area contributed by atoms with Crippen LogP contribution in [-0.4, -0.2) is 36.5 Å². The van der Waals surface area contributed by atoms with Gasteiger partial charge in [0.05, 0.1) is 6.54 Å². The number of nitrogens with two attached hydrogens (primary N) is 1. The molecule has 1 unspecified atom stereocenters. The zero-order chi connectivity index (χ0) is 14.8. The molecule has 1 aliphatic rings. The van der Waals surface area contributed by atoms with Crippen molar-refractivity contribution in [1.82, 2.24) is 4.90 Å². The number of benzene rings is 1. The van der Waals surface area contributed by atoms with E-state index in [9.17, 15) is 4.79 Å². The highest BCUT2D eigenvalue weighted by atomic mass is 35.5. The van der Waals surface area contributed by atoms with E-state index < -0.39 is 0 Å². The van der Waals surface area contributed by atoms with E-state index in [4.69, 9.17) is 17.3 Å². The smallest absolute Gasteiger partial charge is 0.238 e. The Morgan fingerprint density at radius 2 is 2.30 bits per heavy atom. The van der Waals surface area contributed by atoms with Crippen molar-refractivity contribution in [2.75, 3.05) is 25.0 Å². The Morgan fingerprint density at radius 3 is 2.95 bits per heavy atom. The zero-order valence-corrected chi connectivity index (χ0v) is 12.8. The highest BCUT2D eigenvalue weighted by Crippen LogP contribution is 2.27. The van der Waals surface area contributed by atoms with Gasteiger partial charge in [0.2, 0.25) is 5.91 Å². The molecule has 1 aromatic rings. The van der Waals surface area contributed by atoms with Gasteiger partial charge in [0.1, 0.15) is 0 Å². The highest BCUT2D eigenvalue weighted by molar-refractivity contribution is 6.30. The van der Waals surface area contributed by atoms with Crippen molar-refractivity contribution in [2.24, 2.45) is 11.1 Å². The van der Waals surface area contributed by atoms with Gasteiger partial charge in [-0.3, -0.25) is 9.69 Å². The average Bonchev–Trinajstić information content (AvgIpc) is 2.33. The van der Waals surface area contributed by atoms with Gasteiger partial charge in [0.25, 0.3) is 0 Å². The first-order valence-electron chi connectivity index (χ1n) is 6.90. The maximum Gasteiger partial charge on any atom is 0.238 e. The summed E-state index contributed by atoms with van der Waals surface area (Å²) in [5.74, 6) is -0.0152. The lowest BCUT2D eigenvalue weighted by Gasteiger charge is -2.42. The van der Waals surface area contributed by atoms with E-state index in [0.29, 0.717) is 11.6 Å². The normalized spacial score (nSPS) is 22.5. The van der Waals surface area contributed by atoms with Crippen LogP contribution in [0.1, 0.15) is 20.3 Å². The number of piperidine rings is 1. The predicted molar refractivity (Wildman–Crippen MR) is 82.9 cm³/mol. The van der Waals surface area contributed by atoms with E-state index in [2.05, 4.69) is 24.1 Å². The maximum absolute atomic E-state index is 12.1. The fourth-order valence-corrected chi connectivity index (χ4v) is 2.78. The third-order valence-electron chi connectivity index (χ3n) is 3.87. The SMILES string of the molecule is CC1(C)CN(CC(=O)Nc2cccc(Cl)c2)CCC1N. The van der Waals surface area contributed by atoms with Crippen LogP contribution in [0, 0.1) is 5.41 Å². The number of anilines is 1. The number of amides is 1. The minimum Gasteiger partial charge on any atom is -0.327 e. The molecule has 1 atom stereocenters. The molecular weight excluding hydrogens is 274 g/mol. The first-order valence-corrected chi connectivity index (χ1v) is 7.28. The number of rotatable bonds is 3. The van der Waals surface area contributed by atoms with Crippen molar-refractivity contribution in [1.29, 1.82) is 0 Å². The van der Waals surface area contributed by atoms with Gasteiger partial charge >= 0.3 is 0 Å². The largest absolute Gasteiger partial charge is 0.327 e. The highest BCUT2D eigenvalue weighted by Gasteiger charge is 2.33. The third kappa shape index (κ3) is 3.95. The summed E-state index contributed by atoms with van der Waals surface area (Å²) >= 11 is 5.90. The minimum atomic E-state index is -0.0152. The lowest BCUT2D eigenvalue weighted by Crippen LogP contribution is -2.53.